The Morgan fingerprint density at radius 2 is 1.94 bits per heavy atom. The van der Waals surface area contributed by atoms with E-state index in [1.54, 1.807) is 12.1 Å². The number of nitrogens with zero attached hydrogens (tertiary/aromatic N) is 2. The summed E-state index contributed by atoms with van der Waals surface area (Å²) < 4.78 is 26.9. The molecule has 178 valence electrons. The van der Waals surface area contributed by atoms with Gasteiger partial charge in [0.1, 0.15) is 35.6 Å². The van der Waals surface area contributed by atoms with E-state index in [1.165, 1.54) is 12.1 Å². The molecule has 1 unspecified atom stereocenters. The molecule has 0 bridgehead atoms. The van der Waals surface area contributed by atoms with Crippen molar-refractivity contribution >= 4 is 16.7 Å². The number of para-hydroxylation sites is 1. The fourth-order valence-electron chi connectivity index (χ4n) is 5.08. The van der Waals surface area contributed by atoms with Crippen molar-refractivity contribution < 1.29 is 18.7 Å². The maximum Gasteiger partial charge on any atom is 0.205 e. The molecule has 1 aromatic heterocycles. The predicted octanol–water partition coefficient (Wildman–Crippen LogP) is 5.31. The summed E-state index contributed by atoms with van der Waals surface area (Å²) in [6, 6.07) is 16.0. The fourth-order valence-corrected chi connectivity index (χ4v) is 5.08. The van der Waals surface area contributed by atoms with Crippen LogP contribution in [0.3, 0.4) is 0 Å². The van der Waals surface area contributed by atoms with Gasteiger partial charge in [0, 0.05) is 35.5 Å². The van der Waals surface area contributed by atoms with Crippen LogP contribution in [0.1, 0.15) is 38.2 Å². The molecule has 2 aliphatic rings. The number of carbonyl (C=O) groups excluding carboxylic acids is 1. The minimum Gasteiger partial charge on any atom is -0.492 e. The molecule has 2 heterocycles. The maximum absolute atomic E-state index is 13.3. The van der Waals surface area contributed by atoms with Gasteiger partial charge in [0.2, 0.25) is 5.88 Å². The second-order valence-electron chi connectivity index (χ2n) is 9.80. The number of rotatable bonds is 5. The third kappa shape index (κ3) is 4.17. The molecule has 0 spiro atoms. The number of hydrogen-bond donors (Lipinski definition) is 1. The van der Waals surface area contributed by atoms with Crippen molar-refractivity contribution in [2.24, 2.45) is 11.1 Å². The van der Waals surface area contributed by atoms with E-state index in [9.17, 15) is 14.4 Å². The lowest BCUT2D eigenvalue weighted by Gasteiger charge is -2.37. The molecule has 1 atom stereocenters. The molecule has 0 saturated carbocycles. The molecule has 1 aliphatic heterocycles. The van der Waals surface area contributed by atoms with Crippen LogP contribution >= 0.6 is 0 Å². The van der Waals surface area contributed by atoms with Gasteiger partial charge in [-0.2, -0.15) is 5.26 Å². The lowest BCUT2D eigenvalue weighted by Crippen LogP contribution is -2.33. The van der Waals surface area contributed by atoms with Crippen LogP contribution in [-0.2, 0) is 16.1 Å². The Bertz CT molecular complexity index is 1420. The number of aromatic nitrogens is 1. The number of nitriles is 1. The van der Waals surface area contributed by atoms with Gasteiger partial charge in [-0.15, -0.1) is 0 Å². The van der Waals surface area contributed by atoms with Crippen LogP contribution in [0, 0.1) is 22.6 Å². The van der Waals surface area contributed by atoms with E-state index in [-0.39, 0.29) is 28.5 Å². The summed E-state index contributed by atoms with van der Waals surface area (Å²) in [5.41, 5.74) is 8.54. The number of halogens is 1. The van der Waals surface area contributed by atoms with Crippen molar-refractivity contribution in [2.75, 3.05) is 6.61 Å². The molecule has 2 N–H and O–H groups in total. The number of allylic oxidation sites excluding steroid dienone is 3. The Balaban J connectivity index is 1.54. The number of hydrogen-bond acceptors (Lipinski definition) is 5. The van der Waals surface area contributed by atoms with Crippen molar-refractivity contribution in [1.82, 2.24) is 4.57 Å². The molecule has 7 heteroatoms. The fraction of sp³-hybridized carbons (Fsp3) is 0.286. The van der Waals surface area contributed by atoms with Crippen molar-refractivity contribution in [3.8, 4) is 11.8 Å². The zero-order chi connectivity index (χ0) is 24.7. The van der Waals surface area contributed by atoms with Crippen LogP contribution < -0.4 is 10.5 Å². The minimum atomic E-state index is -0.587. The highest BCUT2D eigenvalue weighted by molar-refractivity contribution is 6.01. The molecule has 2 aromatic carbocycles. The largest absolute Gasteiger partial charge is 0.492 e. The summed E-state index contributed by atoms with van der Waals surface area (Å²) in [6.45, 7) is 4.94. The number of ether oxygens (including phenoxy) is 2. The Labute approximate surface area is 203 Å². The molecule has 0 saturated heterocycles. The number of ketones is 1. The van der Waals surface area contributed by atoms with Crippen LogP contribution in [-0.4, -0.2) is 17.0 Å². The second kappa shape index (κ2) is 8.62. The number of benzene rings is 2. The maximum atomic E-state index is 13.3. The topological polar surface area (TPSA) is 90.3 Å². The first-order chi connectivity index (χ1) is 16.8. The average Bonchev–Trinajstić information content (AvgIpc) is 3.17. The van der Waals surface area contributed by atoms with Gasteiger partial charge in [-0.25, -0.2) is 4.39 Å². The number of carbonyl (C=O) groups is 1. The third-order valence-corrected chi connectivity index (χ3v) is 6.62. The molecule has 0 amide bonds. The summed E-state index contributed by atoms with van der Waals surface area (Å²) in [6.07, 6.45) is 2.93. The van der Waals surface area contributed by atoms with Crippen molar-refractivity contribution in [3.63, 3.8) is 0 Å². The van der Waals surface area contributed by atoms with E-state index in [0.29, 0.717) is 43.1 Å². The van der Waals surface area contributed by atoms with Crippen LogP contribution in [0.5, 0.6) is 5.75 Å². The average molecular weight is 472 g/mol. The zero-order valence-corrected chi connectivity index (χ0v) is 19.7. The SMILES string of the molecule is CC1(C)CC(=O)C2=C(C1)OC(N)=C(C#N)C2c1cn(CCOc2ccc(F)cc2)c2ccccc12. The minimum absolute atomic E-state index is 0.0158. The van der Waals surface area contributed by atoms with E-state index >= 15 is 0 Å². The highest BCUT2D eigenvalue weighted by Crippen LogP contribution is 2.49. The summed E-state index contributed by atoms with van der Waals surface area (Å²) in [4.78, 5) is 13.3. The zero-order valence-electron chi connectivity index (χ0n) is 19.7. The monoisotopic (exact) mass is 471 g/mol. The first-order valence-corrected chi connectivity index (χ1v) is 11.6. The first-order valence-electron chi connectivity index (χ1n) is 11.6. The highest BCUT2D eigenvalue weighted by atomic mass is 19.1. The quantitative estimate of drug-likeness (QED) is 0.545. The van der Waals surface area contributed by atoms with Crippen LogP contribution in [0.2, 0.25) is 0 Å². The summed E-state index contributed by atoms with van der Waals surface area (Å²) in [5, 5.41) is 10.9. The van der Waals surface area contributed by atoms with E-state index in [0.717, 1.165) is 16.5 Å². The predicted molar refractivity (Wildman–Crippen MR) is 130 cm³/mol. The van der Waals surface area contributed by atoms with Crippen molar-refractivity contribution in [3.05, 3.63) is 88.9 Å². The molecular formula is C28H26FN3O3. The summed E-state index contributed by atoms with van der Waals surface area (Å²) in [7, 11) is 0. The highest BCUT2D eigenvalue weighted by Gasteiger charge is 2.43. The first kappa shape index (κ1) is 22.7. The number of Topliss-reactive ketones (excluding diaryl/α,β-unsaturated/α-hetero) is 1. The standard InChI is InChI=1S/C28H26FN3O3/c1-28(2)13-23(33)26-24(14-28)35-27(31)20(15-30)25(26)21-16-32(22-6-4-3-5-19(21)22)11-12-34-18-9-7-17(29)8-10-18/h3-10,16,25H,11-14,31H2,1-2H3. The molecule has 6 nitrogen and oxygen atoms in total. The van der Waals surface area contributed by atoms with Crippen molar-refractivity contribution in [1.29, 1.82) is 5.26 Å². The molecule has 35 heavy (non-hydrogen) atoms. The van der Waals surface area contributed by atoms with Gasteiger partial charge >= 0.3 is 0 Å². The lowest BCUT2D eigenvalue weighted by molar-refractivity contribution is -0.119. The van der Waals surface area contributed by atoms with Crippen molar-refractivity contribution in [2.45, 2.75) is 39.2 Å². The van der Waals surface area contributed by atoms with Crippen LogP contribution in [0.15, 0.2) is 77.5 Å². The Kier molecular flexibility index (Phi) is 5.60. The second-order valence-corrected chi connectivity index (χ2v) is 9.80. The molecule has 1 aliphatic carbocycles. The van der Waals surface area contributed by atoms with Crippen LogP contribution in [0.25, 0.3) is 10.9 Å². The van der Waals surface area contributed by atoms with Gasteiger partial charge in [0.15, 0.2) is 5.78 Å². The van der Waals surface area contributed by atoms with Gasteiger partial charge in [0.25, 0.3) is 0 Å². The molecule has 0 radical (unpaired) electrons. The van der Waals surface area contributed by atoms with E-state index in [4.69, 9.17) is 15.2 Å². The normalized spacial score (nSPS) is 19.4. The summed E-state index contributed by atoms with van der Waals surface area (Å²) >= 11 is 0. The van der Waals surface area contributed by atoms with Gasteiger partial charge in [-0.3, -0.25) is 4.79 Å². The van der Waals surface area contributed by atoms with E-state index in [2.05, 4.69) is 6.07 Å². The number of nitrogens with two attached hydrogens (primary N) is 1. The third-order valence-electron chi connectivity index (χ3n) is 6.62. The van der Waals surface area contributed by atoms with Gasteiger partial charge < -0.3 is 19.8 Å². The van der Waals surface area contributed by atoms with E-state index < -0.39 is 5.92 Å². The Morgan fingerprint density at radius 1 is 1.20 bits per heavy atom. The smallest absolute Gasteiger partial charge is 0.205 e. The lowest BCUT2D eigenvalue weighted by atomic mass is 9.70. The Morgan fingerprint density at radius 3 is 2.69 bits per heavy atom. The van der Waals surface area contributed by atoms with Gasteiger partial charge in [-0.05, 0) is 41.3 Å². The van der Waals surface area contributed by atoms with Gasteiger partial charge in [-0.1, -0.05) is 32.0 Å². The molecule has 3 aromatic rings. The van der Waals surface area contributed by atoms with Crippen LogP contribution in [0.4, 0.5) is 4.39 Å². The van der Waals surface area contributed by atoms with E-state index in [1.807, 2.05) is 48.9 Å². The van der Waals surface area contributed by atoms with Gasteiger partial charge in [0.05, 0.1) is 12.5 Å². The molecular weight excluding hydrogens is 445 g/mol. The Hall–Kier alpha value is -4.05. The molecule has 5 rings (SSSR count). The number of fused-ring (bicyclic) bond motifs is 1. The summed E-state index contributed by atoms with van der Waals surface area (Å²) in [5.74, 6) is 0.280. The molecule has 0 fully saturated rings.